The molecule has 0 bridgehead atoms. The van der Waals surface area contributed by atoms with Crippen LogP contribution in [0.4, 0.5) is 13.2 Å². The van der Waals surface area contributed by atoms with Crippen molar-refractivity contribution in [2.75, 3.05) is 0 Å². The summed E-state index contributed by atoms with van der Waals surface area (Å²) in [5, 5.41) is 9.14. The molecule has 0 aromatic heterocycles. The lowest BCUT2D eigenvalue weighted by Crippen LogP contribution is -2.05. The van der Waals surface area contributed by atoms with Gasteiger partial charge in [0.05, 0.1) is 5.56 Å². The third-order valence-corrected chi connectivity index (χ3v) is 1.97. The first-order valence-corrected chi connectivity index (χ1v) is 4.70. The minimum atomic E-state index is -4.39. The molecule has 0 heterocycles. The number of alkyl halides is 3. The Hall–Kier alpha value is -1.19. The van der Waals surface area contributed by atoms with Crippen molar-refractivity contribution in [1.29, 1.82) is 0 Å². The molecule has 0 atom stereocenters. The number of aromatic hydroxyl groups is 1. The number of rotatable bonds is 0. The van der Waals surface area contributed by atoms with Crippen molar-refractivity contribution in [2.45, 2.75) is 33.9 Å². The highest BCUT2D eigenvalue weighted by molar-refractivity contribution is 5.42. The van der Waals surface area contributed by atoms with Crippen LogP contribution < -0.4 is 0 Å². The fourth-order valence-corrected chi connectivity index (χ4v) is 1.00. The van der Waals surface area contributed by atoms with Gasteiger partial charge in [0.15, 0.2) is 0 Å². The highest BCUT2D eigenvalue weighted by Gasteiger charge is 2.31. The standard InChI is InChI=1S/C9H9F3O.C2H6/c1-5-3-7(9(10,11)12)4-8(13)6(5)2;1-2/h3-4,13H,1-2H3;1-2H3. The summed E-state index contributed by atoms with van der Waals surface area (Å²) < 4.78 is 36.5. The third-order valence-electron chi connectivity index (χ3n) is 1.97. The monoisotopic (exact) mass is 220 g/mol. The van der Waals surface area contributed by atoms with E-state index in [-0.39, 0.29) is 5.75 Å². The first-order valence-electron chi connectivity index (χ1n) is 4.70. The molecule has 1 aromatic carbocycles. The predicted molar refractivity (Wildman–Crippen MR) is 53.9 cm³/mol. The molecule has 1 nitrogen and oxygen atoms in total. The van der Waals surface area contributed by atoms with Gasteiger partial charge in [-0.3, -0.25) is 0 Å². The van der Waals surface area contributed by atoms with Crippen molar-refractivity contribution in [1.82, 2.24) is 0 Å². The van der Waals surface area contributed by atoms with Crippen LogP contribution in [0.3, 0.4) is 0 Å². The van der Waals surface area contributed by atoms with Crippen molar-refractivity contribution in [3.8, 4) is 5.75 Å². The molecule has 0 aliphatic heterocycles. The van der Waals surface area contributed by atoms with Gasteiger partial charge in [-0.25, -0.2) is 0 Å². The summed E-state index contributed by atoms with van der Waals surface area (Å²) in [6, 6.07) is 1.76. The number of phenolic OH excluding ortho intramolecular Hbond substituents is 1. The van der Waals surface area contributed by atoms with E-state index >= 15 is 0 Å². The van der Waals surface area contributed by atoms with E-state index < -0.39 is 11.7 Å². The second-order valence-electron chi connectivity index (χ2n) is 2.94. The molecule has 4 heteroatoms. The molecular formula is C11H15F3O. The number of halogens is 3. The maximum atomic E-state index is 12.2. The Balaban J connectivity index is 0.000000921. The molecule has 0 radical (unpaired) electrons. The van der Waals surface area contributed by atoms with Crippen LogP contribution in [0.25, 0.3) is 0 Å². The lowest BCUT2D eigenvalue weighted by Gasteiger charge is -2.10. The maximum Gasteiger partial charge on any atom is 0.416 e. The van der Waals surface area contributed by atoms with Crippen molar-refractivity contribution in [3.05, 3.63) is 28.8 Å². The van der Waals surface area contributed by atoms with Crippen molar-refractivity contribution in [3.63, 3.8) is 0 Å². The van der Waals surface area contributed by atoms with Gasteiger partial charge >= 0.3 is 6.18 Å². The summed E-state index contributed by atoms with van der Waals surface area (Å²) in [6.45, 7) is 7.11. The van der Waals surface area contributed by atoms with Crippen molar-refractivity contribution >= 4 is 0 Å². The van der Waals surface area contributed by atoms with Crippen molar-refractivity contribution < 1.29 is 18.3 Å². The van der Waals surface area contributed by atoms with Gasteiger partial charge in [-0.05, 0) is 37.1 Å². The highest BCUT2D eigenvalue weighted by Crippen LogP contribution is 2.33. The first kappa shape index (κ1) is 13.8. The van der Waals surface area contributed by atoms with Gasteiger partial charge in [-0.1, -0.05) is 13.8 Å². The molecule has 0 fully saturated rings. The van der Waals surface area contributed by atoms with Crippen LogP contribution in [0.1, 0.15) is 30.5 Å². The second-order valence-corrected chi connectivity index (χ2v) is 2.94. The van der Waals surface area contributed by atoms with Crippen LogP contribution in [0.5, 0.6) is 5.75 Å². The zero-order chi connectivity index (χ0) is 12.2. The Labute approximate surface area is 87.6 Å². The number of benzene rings is 1. The summed E-state index contributed by atoms with van der Waals surface area (Å²) in [5.41, 5.74) is 0.105. The summed E-state index contributed by atoms with van der Waals surface area (Å²) in [6.07, 6.45) is -4.39. The van der Waals surface area contributed by atoms with E-state index in [2.05, 4.69) is 0 Å². The lowest BCUT2D eigenvalue weighted by atomic mass is 10.0. The Morgan fingerprint density at radius 3 is 1.87 bits per heavy atom. The van der Waals surface area contributed by atoms with Gasteiger partial charge < -0.3 is 5.11 Å². The van der Waals surface area contributed by atoms with Gasteiger partial charge in [0, 0.05) is 0 Å². The molecule has 0 aliphatic carbocycles. The highest BCUT2D eigenvalue weighted by atomic mass is 19.4. The fraction of sp³-hybridized carbons (Fsp3) is 0.455. The number of hydrogen-bond donors (Lipinski definition) is 1. The Morgan fingerprint density at radius 2 is 1.53 bits per heavy atom. The smallest absolute Gasteiger partial charge is 0.416 e. The van der Waals surface area contributed by atoms with Gasteiger partial charge in [-0.2, -0.15) is 13.2 Å². The van der Waals surface area contributed by atoms with Crippen LogP contribution in [0.2, 0.25) is 0 Å². The van der Waals surface area contributed by atoms with Crippen LogP contribution in [0.15, 0.2) is 12.1 Å². The number of aryl methyl sites for hydroxylation is 1. The average molecular weight is 220 g/mol. The predicted octanol–water partition coefficient (Wildman–Crippen LogP) is 4.05. The molecule has 0 amide bonds. The molecule has 0 spiro atoms. The van der Waals surface area contributed by atoms with Gasteiger partial charge in [-0.15, -0.1) is 0 Å². The van der Waals surface area contributed by atoms with Gasteiger partial charge in [0.2, 0.25) is 0 Å². The average Bonchev–Trinajstić information content (AvgIpc) is 2.15. The normalized spacial score (nSPS) is 10.6. The van der Waals surface area contributed by atoms with Crippen molar-refractivity contribution in [2.24, 2.45) is 0 Å². The molecule has 0 aliphatic rings. The molecule has 1 N–H and O–H groups in total. The summed E-state index contributed by atoms with van der Waals surface area (Å²) in [5.74, 6) is -0.313. The molecule has 0 saturated heterocycles. The van der Waals surface area contributed by atoms with Gasteiger partial charge in [0.1, 0.15) is 5.75 Å². The number of phenols is 1. The summed E-state index contributed by atoms with van der Waals surface area (Å²) in [7, 11) is 0. The van der Waals surface area contributed by atoms with E-state index in [1.807, 2.05) is 13.8 Å². The van der Waals surface area contributed by atoms with E-state index in [4.69, 9.17) is 5.11 Å². The largest absolute Gasteiger partial charge is 0.508 e. The topological polar surface area (TPSA) is 20.2 Å². The quantitative estimate of drug-likeness (QED) is 0.699. The Bertz CT molecular complexity index is 306. The fourth-order valence-electron chi connectivity index (χ4n) is 1.00. The zero-order valence-corrected chi connectivity index (χ0v) is 9.24. The minimum absolute atomic E-state index is 0.313. The third kappa shape index (κ3) is 3.46. The Kier molecular flexibility index (Phi) is 4.65. The summed E-state index contributed by atoms with van der Waals surface area (Å²) in [4.78, 5) is 0. The van der Waals surface area contributed by atoms with Gasteiger partial charge in [0.25, 0.3) is 0 Å². The van der Waals surface area contributed by atoms with Crippen LogP contribution in [-0.2, 0) is 6.18 Å². The lowest BCUT2D eigenvalue weighted by molar-refractivity contribution is -0.137. The molecule has 1 aromatic rings. The Morgan fingerprint density at radius 1 is 1.07 bits per heavy atom. The second kappa shape index (κ2) is 5.05. The van der Waals surface area contributed by atoms with E-state index in [0.29, 0.717) is 11.1 Å². The van der Waals surface area contributed by atoms with E-state index in [1.165, 1.54) is 6.92 Å². The maximum absolute atomic E-state index is 12.2. The molecule has 86 valence electrons. The van der Waals surface area contributed by atoms with Crippen LogP contribution in [0, 0.1) is 13.8 Å². The molecule has 0 unspecified atom stereocenters. The molecular weight excluding hydrogens is 205 g/mol. The first-order chi connectivity index (χ1) is 6.82. The zero-order valence-electron chi connectivity index (χ0n) is 9.24. The minimum Gasteiger partial charge on any atom is -0.508 e. The number of hydrogen-bond acceptors (Lipinski definition) is 1. The van der Waals surface area contributed by atoms with E-state index in [9.17, 15) is 13.2 Å². The SMILES string of the molecule is CC.Cc1cc(C(F)(F)F)cc(O)c1C. The molecule has 15 heavy (non-hydrogen) atoms. The molecule has 1 rings (SSSR count). The van der Waals surface area contributed by atoms with E-state index in [1.54, 1.807) is 6.92 Å². The summed E-state index contributed by atoms with van der Waals surface area (Å²) >= 11 is 0. The van der Waals surface area contributed by atoms with E-state index in [0.717, 1.165) is 12.1 Å². The van der Waals surface area contributed by atoms with Crippen LogP contribution in [-0.4, -0.2) is 5.11 Å². The van der Waals surface area contributed by atoms with Crippen LogP contribution >= 0.6 is 0 Å². The molecule has 0 saturated carbocycles.